The highest BCUT2D eigenvalue weighted by atomic mass is 35.5. The second-order valence-corrected chi connectivity index (χ2v) is 4.81. The number of hydrogen-bond donors (Lipinski definition) is 3. The average molecular weight is 305 g/mol. The Balaban J connectivity index is 0.00000161. The molecule has 0 aliphatic heterocycles. The van der Waals surface area contributed by atoms with E-state index < -0.39 is 0 Å². The number of halogens is 1. The molecule has 0 aliphatic carbocycles. The molecule has 2 aromatic carbocycles. The predicted molar refractivity (Wildman–Crippen MR) is 88.3 cm³/mol. The van der Waals surface area contributed by atoms with E-state index in [1.165, 1.54) is 0 Å². The third-order valence-corrected chi connectivity index (χ3v) is 3.58. The maximum Gasteiger partial charge on any atom is 0.138 e. The third kappa shape index (κ3) is 2.50. The fourth-order valence-electron chi connectivity index (χ4n) is 2.43. The summed E-state index contributed by atoms with van der Waals surface area (Å²) in [6.07, 6.45) is 0. The lowest BCUT2D eigenvalue weighted by molar-refractivity contribution is 0.415. The van der Waals surface area contributed by atoms with Crippen molar-refractivity contribution in [3.8, 4) is 22.8 Å². The Kier molecular flexibility index (Phi) is 4.00. The summed E-state index contributed by atoms with van der Waals surface area (Å²) in [5.41, 5.74) is 10.3. The molecule has 0 saturated heterocycles. The van der Waals surface area contributed by atoms with Gasteiger partial charge in [0.05, 0.1) is 12.8 Å². The maximum absolute atomic E-state index is 9.52. The molecule has 0 aliphatic rings. The van der Waals surface area contributed by atoms with Crippen LogP contribution in [0.15, 0.2) is 36.4 Å². The summed E-state index contributed by atoms with van der Waals surface area (Å²) in [5, 5.41) is 10.6. The van der Waals surface area contributed by atoms with Crippen LogP contribution >= 0.6 is 12.4 Å². The largest absolute Gasteiger partial charge is 0.506 e. The summed E-state index contributed by atoms with van der Waals surface area (Å²) in [4.78, 5) is 3.39. The quantitative estimate of drug-likeness (QED) is 0.497. The van der Waals surface area contributed by atoms with Gasteiger partial charge in [-0.2, -0.15) is 0 Å². The number of aromatic hydroxyl groups is 1. The summed E-state index contributed by atoms with van der Waals surface area (Å²) >= 11 is 0. The topological polar surface area (TPSA) is 71.3 Å². The van der Waals surface area contributed by atoms with E-state index in [0.717, 1.165) is 33.5 Å². The van der Waals surface area contributed by atoms with E-state index in [9.17, 15) is 5.11 Å². The second kappa shape index (κ2) is 5.58. The first-order valence-electron chi connectivity index (χ1n) is 6.35. The van der Waals surface area contributed by atoms with Gasteiger partial charge in [-0.3, -0.25) is 0 Å². The first-order chi connectivity index (χ1) is 9.60. The Morgan fingerprint density at radius 3 is 2.57 bits per heavy atom. The van der Waals surface area contributed by atoms with Gasteiger partial charge in [0.15, 0.2) is 0 Å². The van der Waals surface area contributed by atoms with Gasteiger partial charge in [-0.05, 0) is 48.9 Å². The number of nitrogens with two attached hydrogens (primary N) is 1. The Bertz CT molecular complexity index is 796. The van der Waals surface area contributed by atoms with Gasteiger partial charge in [-0.25, -0.2) is 0 Å². The number of rotatable bonds is 2. The van der Waals surface area contributed by atoms with Crippen LogP contribution in [-0.4, -0.2) is 17.2 Å². The van der Waals surface area contributed by atoms with Gasteiger partial charge in [0.2, 0.25) is 0 Å². The fraction of sp³-hybridized carbons (Fsp3) is 0.125. The molecule has 3 aromatic rings. The zero-order valence-corrected chi connectivity index (χ0v) is 12.6. The normalized spacial score (nSPS) is 10.4. The number of nitrogen functional groups attached to an aromatic ring is 1. The number of methoxy groups -OCH3 is 1. The second-order valence-electron chi connectivity index (χ2n) is 4.81. The van der Waals surface area contributed by atoms with Crippen LogP contribution in [0, 0.1) is 6.92 Å². The number of ether oxygens (including phenoxy) is 1. The number of anilines is 1. The third-order valence-electron chi connectivity index (χ3n) is 3.58. The van der Waals surface area contributed by atoms with Gasteiger partial charge in [0, 0.05) is 22.2 Å². The molecule has 1 heterocycles. The van der Waals surface area contributed by atoms with Crippen LogP contribution < -0.4 is 10.5 Å². The molecule has 0 unspecified atom stereocenters. The molecule has 5 heteroatoms. The summed E-state index contributed by atoms with van der Waals surface area (Å²) in [7, 11) is 1.66. The van der Waals surface area contributed by atoms with Crippen LogP contribution in [-0.2, 0) is 0 Å². The molecule has 0 atom stereocenters. The molecule has 0 radical (unpaired) electrons. The molecule has 21 heavy (non-hydrogen) atoms. The van der Waals surface area contributed by atoms with Crippen molar-refractivity contribution in [2.24, 2.45) is 0 Å². The lowest BCUT2D eigenvalue weighted by atomic mass is 10.1. The number of phenolic OH excluding ortho intramolecular Hbond substituents is 1. The van der Waals surface area contributed by atoms with Gasteiger partial charge in [0.25, 0.3) is 0 Å². The molecule has 0 saturated carbocycles. The minimum Gasteiger partial charge on any atom is -0.506 e. The van der Waals surface area contributed by atoms with Crippen molar-refractivity contribution in [2.45, 2.75) is 6.92 Å². The number of benzene rings is 2. The number of hydrogen-bond acceptors (Lipinski definition) is 3. The van der Waals surface area contributed by atoms with Crippen LogP contribution in [0.5, 0.6) is 11.5 Å². The molecule has 1 aromatic heterocycles. The number of nitrogens with one attached hydrogen (secondary N) is 1. The van der Waals surface area contributed by atoms with Gasteiger partial charge in [0.1, 0.15) is 11.5 Å². The Morgan fingerprint density at radius 1 is 1.14 bits per heavy atom. The summed E-state index contributed by atoms with van der Waals surface area (Å²) < 4.78 is 5.26. The van der Waals surface area contributed by atoms with Crippen LogP contribution in [0.25, 0.3) is 22.2 Å². The van der Waals surface area contributed by atoms with Crippen molar-refractivity contribution in [1.29, 1.82) is 0 Å². The highest BCUT2D eigenvalue weighted by Gasteiger charge is 2.11. The van der Waals surface area contributed by atoms with Crippen molar-refractivity contribution < 1.29 is 9.84 Å². The van der Waals surface area contributed by atoms with E-state index in [4.69, 9.17) is 10.5 Å². The molecule has 0 amide bonds. The average Bonchev–Trinajstić information content (AvgIpc) is 2.79. The monoisotopic (exact) mass is 304 g/mol. The Hall–Kier alpha value is -2.33. The van der Waals surface area contributed by atoms with Crippen molar-refractivity contribution in [3.05, 3.63) is 42.0 Å². The Labute approximate surface area is 129 Å². The molecule has 3 rings (SSSR count). The SMILES string of the molecule is COc1ccc2[nH]c(-c3ccc(O)c(N)c3)c(C)c2c1.Cl. The highest BCUT2D eigenvalue weighted by molar-refractivity contribution is 5.91. The van der Waals surface area contributed by atoms with E-state index in [1.54, 1.807) is 19.2 Å². The van der Waals surface area contributed by atoms with E-state index in [-0.39, 0.29) is 18.2 Å². The van der Waals surface area contributed by atoms with Crippen molar-refractivity contribution in [3.63, 3.8) is 0 Å². The number of H-pyrrole nitrogens is 1. The number of phenols is 1. The van der Waals surface area contributed by atoms with Crippen LogP contribution in [0.2, 0.25) is 0 Å². The number of aromatic nitrogens is 1. The van der Waals surface area contributed by atoms with Gasteiger partial charge in [-0.15, -0.1) is 12.4 Å². The highest BCUT2D eigenvalue weighted by Crippen LogP contribution is 2.34. The molecule has 0 bridgehead atoms. The lowest BCUT2D eigenvalue weighted by Gasteiger charge is -2.04. The standard InChI is InChI=1S/C16H16N2O2.ClH/c1-9-12-8-11(20-2)4-5-14(12)18-16(9)10-3-6-15(19)13(17)7-10;/h3-8,18-19H,17H2,1-2H3;1H. The maximum atomic E-state index is 9.52. The van der Waals surface area contributed by atoms with Crippen molar-refractivity contribution >= 4 is 29.0 Å². The van der Waals surface area contributed by atoms with E-state index in [2.05, 4.69) is 11.9 Å². The summed E-state index contributed by atoms with van der Waals surface area (Å²) in [6, 6.07) is 11.2. The van der Waals surface area contributed by atoms with Gasteiger partial charge < -0.3 is 20.6 Å². The van der Waals surface area contributed by atoms with E-state index in [1.807, 2.05) is 24.3 Å². The molecule has 0 spiro atoms. The molecule has 4 nitrogen and oxygen atoms in total. The lowest BCUT2D eigenvalue weighted by Crippen LogP contribution is -1.87. The smallest absolute Gasteiger partial charge is 0.138 e. The van der Waals surface area contributed by atoms with Crippen LogP contribution in [0.3, 0.4) is 0 Å². The fourth-order valence-corrected chi connectivity index (χ4v) is 2.43. The molecular weight excluding hydrogens is 288 g/mol. The number of aromatic amines is 1. The molecule has 110 valence electrons. The molecule has 0 fully saturated rings. The first-order valence-corrected chi connectivity index (χ1v) is 6.35. The number of aryl methyl sites for hydroxylation is 1. The van der Waals surface area contributed by atoms with E-state index >= 15 is 0 Å². The van der Waals surface area contributed by atoms with Crippen LogP contribution in [0.4, 0.5) is 5.69 Å². The molecular formula is C16H17ClN2O2. The van der Waals surface area contributed by atoms with E-state index in [0.29, 0.717) is 5.69 Å². The zero-order valence-electron chi connectivity index (χ0n) is 11.8. The van der Waals surface area contributed by atoms with Crippen molar-refractivity contribution in [1.82, 2.24) is 4.98 Å². The minimum atomic E-state index is 0. The predicted octanol–water partition coefficient (Wildman–Crippen LogP) is 3.86. The van der Waals surface area contributed by atoms with Crippen LogP contribution in [0.1, 0.15) is 5.56 Å². The summed E-state index contributed by atoms with van der Waals surface area (Å²) in [6.45, 7) is 2.05. The first kappa shape index (κ1) is 15.1. The zero-order chi connectivity index (χ0) is 14.3. The number of fused-ring (bicyclic) bond motifs is 1. The van der Waals surface area contributed by atoms with Crippen molar-refractivity contribution in [2.75, 3.05) is 12.8 Å². The Morgan fingerprint density at radius 2 is 1.90 bits per heavy atom. The molecule has 4 N–H and O–H groups in total. The van der Waals surface area contributed by atoms with Gasteiger partial charge in [-0.1, -0.05) is 0 Å². The van der Waals surface area contributed by atoms with Gasteiger partial charge >= 0.3 is 0 Å². The summed E-state index contributed by atoms with van der Waals surface area (Å²) in [5.74, 6) is 0.931. The minimum absolute atomic E-state index is 0.